The van der Waals surface area contributed by atoms with E-state index in [0.717, 1.165) is 39.6 Å². The molecule has 0 bridgehead atoms. The monoisotopic (exact) mass is 654 g/mol. The van der Waals surface area contributed by atoms with E-state index in [1.165, 1.54) is 0 Å². The number of primary amides is 1. The highest BCUT2D eigenvalue weighted by molar-refractivity contribution is 5.83. The number of ether oxygens (including phenoxy) is 5. The molecule has 0 radical (unpaired) electrons. The Balaban J connectivity index is 1.29. The minimum absolute atomic E-state index is 0.0242. The number of carbonyl (C=O) groups is 2. The van der Waals surface area contributed by atoms with Crippen LogP contribution >= 0.6 is 0 Å². The van der Waals surface area contributed by atoms with E-state index in [0.29, 0.717) is 39.5 Å². The number of rotatable bonds is 13. The maximum atomic E-state index is 13.3. The zero-order chi connectivity index (χ0) is 33.9. The van der Waals surface area contributed by atoms with Crippen LogP contribution in [-0.4, -0.2) is 61.7 Å². The first-order valence-electron chi connectivity index (χ1n) is 16.5. The van der Waals surface area contributed by atoms with Crippen molar-refractivity contribution in [1.82, 2.24) is 4.90 Å². The molecule has 0 saturated carbocycles. The van der Waals surface area contributed by atoms with Crippen molar-refractivity contribution in [3.05, 3.63) is 114 Å². The van der Waals surface area contributed by atoms with Gasteiger partial charge < -0.3 is 34.3 Å². The van der Waals surface area contributed by atoms with Gasteiger partial charge in [0.15, 0.2) is 0 Å². The second-order valence-corrected chi connectivity index (χ2v) is 13.1. The van der Waals surface area contributed by atoms with E-state index in [4.69, 9.17) is 29.4 Å². The van der Waals surface area contributed by atoms with Crippen LogP contribution < -0.4 is 10.5 Å². The Kier molecular flexibility index (Phi) is 11.9. The standard InChI is InChI=1S/C39H46N2O7/c1-39(2,3)48-38(43)41-23-33(27-47-37(40)42)36(35(24-41)46-26-29-14-15-30-12-7-8-13-32(30)22-29)31-16-18-34(19-17-31)45-21-9-20-44-25-28-10-5-4-6-11-28/h4-8,10-19,22,33,35-36H,9,20-21,23-27H2,1-3H3,(H2,40,42). The molecule has 0 aliphatic carbocycles. The largest absolute Gasteiger partial charge is 0.494 e. The smallest absolute Gasteiger partial charge is 0.410 e. The van der Waals surface area contributed by atoms with Crippen LogP contribution in [0.5, 0.6) is 5.75 Å². The van der Waals surface area contributed by atoms with E-state index >= 15 is 0 Å². The molecule has 0 spiro atoms. The van der Waals surface area contributed by atoms with Crippen LogP contribution in [0.2, 0.25) is 0 Å². The third kappa shape index (κ3) is 10.2. The van der Waals surface area contributed by atoms with Crippen molar-refractivity contribution < 1.29 is 33.3 Å². The number of hydrogen-bond donors (Lipinski definition) is 1. The number of piperidine rings is 1. The number of likely N-dealkylation sites (tertiary alicyclic amines) is 1. The zero-order valence-electron chi connectivity index (χ0n) is 28.0. The Morgan fingerprint density at radius 2 is 1.54 bits per heavy atom. The van der Waals surface area contributed by atoms with Crippen molar-refractivity contribution in [2.45, 2.75) is 58.0 Å². The predicted octanol–water partition coefficient (Wildman–Crippen LogP) is 7.46. The molecule has 48 heavy (non-hydrogen) atoms. The van der Waals surface area contributed by atoms with E-state index in [9.17, 15) is 9.59 Å². The van der Waals surface area contributed by atoms with Crippen molar-refractivity contribution in [3.8, 4) is 5.75 Å². The average molecular weight is 655 g/mol. The van der Waals surface area contributed by atoms with Crippen LogP contribution in [0.25, 0.3) is 10.8 Å². The maximum Gasteiger partial charge on any atom is 0.410 e. The van der Waals surface area contributed by atoms with Gasteiger partial charge in [0.1, 0.15) is 11.4 Å². The summed E-state index contributed by atoms with van der Waals surface area (Å²) in [4.78, 5) is 26.6. The molecule has 5 rings (SSSR count). The molecule has 254 valence electrons. The second-order valence-electron chi connectivity index (χ2n) is 13.1. The van der Waals surface area contributed by atoms with Crippen LogP contribution in [0, 0.1) is 5.92 Å². The average Bonchev–Trinajstić information content (AvgIpc) is 3.07. The minimum Gasteiger partial charge on any atom is -0.494 e. The summed E-state index contributed by atoms with van der Waals surface area (Å²) in [5.41, 5.74) is 7.87. The number of fused-ring (bicyclic) bond motifs is 1. The van der Waals surface area contributed by atoms with Gasteiger partial charge in [-0.25, -0.2) is 9.59 Å². The molecular formula is C39H46N2O7. The van der Waals surface area contributed by atoms with Gasteiger partial charge in [0, 0.05) is 24.8 Å². The van der Waals surface area contributed by atoms with Crippen molar-refractivity contribution in [1.29, 1.82) is 0 Å². The second kappa shape index (κ2) is 16.5. The lowest BCUT2D eigenvalue weighted by Gasteiger charge is -2.43. The van der Waals surface area contributed by atoms with Gasteiger partial charge in [-0.05, 0) is 66.4 Å². The van der Waals surface area contributed by atoms with Gasteiger partial charge in [-0.2, -0.15) is 0 Å². The lowest BCUT2D eigenvalue weighted by Crippen LogP contribution is -2.53. The Labute approximate surface area is 282 Å². The molecule has 0 aromatic heterocycles. The van der Waals surface area contributed by atoms with Crippen LogP contribution in [0.1, 0.15) is 49.8 Å². The predicted molar refractivity (Wildman–Crippen MR) is 185 cm³/mol. The Morgan fingerprint density at radius 3 is 2.27 bits per heavy atom. The van der Waals surface area contributed by atoms with Gasteiger partial charge in [-0.3, -0.25) is 0 Å². The van der Waals surface area contributed by atoms with E-state index in [2.05, 4.69) is 30.3 Å². The molecule has 2 N–H and O–H groups in total. The fraction of sp³-hybridized carbons (Fsp3) is 0.385. The molecule has 1 saturated heterocycles. The fourth-order valence-corrected chi connectivity index (χ4v) is 6.00. The van der Waals surface area contributed by atoms with Gasteiger partial charge in [0.05, 0.1) is 45.7 Å². The molecule has 1 fully saturated rings. The van der Waals surface area contributed by atoms with Crippen molar-refractivity contribution in [2.24, 2.45) is 11.7 Å². The Bertz CT molecular complexity index is 1620. The summed E-state index contributed by atoms with van der Waals surface area (Å²) in [6, 6.07) is 32.4. The topological polar surface area (TPSA) is 110 Å². The van der Waals surface area contributed by atoms with Gasteiger partial charge in [-0.15, -0.1) is 0 Å². The van der Waals surface area contributed by atoms with Crippen molar-refractivity contribution in [2.75, 3.05) is 32.9 Å². The van der Waals surface area contributed by atoms with Gasteiger partial charge in [0.25, 0.3) is 0 Å². The van der Waals surface area contributed by atoms with Crippen molar-refractivity contribution in [3.63, 3.8) is 0 Å². The van der Waals surface area contributed by atoms with E-state index in [-0.39, 0.29) is 18.4 Å². The highest BCUT2D eigenvalue weighted by Crippen LogP contribution is 2.37. The highest BCUT2D eigenvalue weighted by atomic mass is 16.6. The molecule has 3 atom stereocenters. The lowest BCUT2D eigenvalue weighted by molar-refractivity contribution is -0.0606. The SMILES string of the molecule is CC(C)(C)OC(=O)N1CC(COC(N)=O)C(c2ccc(OCCCOCc3ccccc3)cc2)C(OCc2ccc3ccccc3c2)C1. The minimum atomic E-state index is -0.867. The van der Waals surface area contributed by atoms with E-state index in [1.807, 2.05) is 87.5 Å². The first-order valence-corrected chi connectivity index (χ1v) is 16.5. The third-order valence-corrected chi connectivity index (χ3v) is 8.21. The first kappa shape index (κ1) is 34.7. The molecule has 1 heterocycles. The number of carbonyl (C=O) groups excluding carboxylic acids is 2. The van der Waals surface area contributed by atoms with E-state index < -0.39 is 23.9 Å². The van der Waals surface area contributed by atoms with Crippen molar-refractivity contribution >= 4 is 23.0 Å². The van der Waals surface area contributed by atoms with Crippen LogP contribution in [0.15, 0.2) is 97.1 Å². The van der Waals surface area contributed by atoms with Gasteiger partial charge in [-0.1, -0.05) is 78.9 Å². The molecule has 1 aliphatic heterocycles. The molecule has 4 aromatic rings. The van der Waals surface area contributed by atoms with E-state index in [1.54, 1.807) is 4.90 Å². The molecule has 2 amide bonds. The normalized spacial score (nSPS) is 18.0. The molecule has 4 aromatic carbocycles. The number of hydrogen-bond acceptors (Lipinski definition) is 7. The molecule has 9 nitrogen and oxygen atoms in total. The summed E-state index contributed by atoms with van der Waals surface area (Å²) in [6.45, 7) is 8.18. The molecule has 9 heteroatoms. The van der Waals surface area contributed by atoms with Gasteiger partial charge in [0.2, 0.25) is 0 Å². The number of nitrogens with zero attached hydrogens (tertiary/aromatic N) is 1. The quantitative estimate of drug-likeness (QED) is 0.149. The summed E-state index contributed by atoms with van der Waals surface area (Å²) >= 11 is 0. The molecule has 3 unspecified atom stereocenters. The summed E-state index contributed by atoms with van der Waals surface area (Å²) < 4.78 is 29.5. The Morgan fingerprint density at radius 1 is 0.812 bits per heavy atom. The maximum absolute atomic E-state index is 13.3. The van der Waals surface area contributed by atoms with Gasteiger partial charge >= 0.3 is 12.2 Å². The summed E-state index contributed by atoms with van der Waals surface area (Å²) in [6.07, 6.45) is -0.976. The summed E-state index contributed by atoms with van der Waals surface area (Å²) in [5.74, 6) is 0.240. The third-order valence-electron chi connectivity index (χ3n) is 8.21. The summed E-state index contributed by atoms with van der Waals surface area (Å²) in [7, 11) is 0. The fourth-order valence-electron chi connectivity index (χ4n) is 6.00. The first-order chi connectivity index (χ1) is 23.1. The van der Waals surface area contributed by atoms with Crippen LogP contribution in [0.4, 0.5) is 9.59 Å². The lowest BCUT2D eigenvalue weighted by atomic mass is 9.78. The van der Waals surface area contributed by atoms with Crippen LogP contribution in [0.3, 0.4) is 0 Å². The summed E-state index contributed by atoms with van der Waals surface area (Å²) in [5, 5.41) is 2.28. The molecular weight excluding hydrogens is 608 g/mol. The zero-order valence-corrected chi connectivity index (χ0v) is 28.0. The highest BCUT2D eigenvalue weighted by Gasteiger charge is 2.42. The Hall–Kier alpha value is -4.60. The molecule has 1 aliphatic rings. The number of nitrogens with two attached hydrogens (primary N) is 1. The van der Waals surface area contributed by atoms with Crippen LogP contribution in [-0.2, 0) is 32.2 Å². The number of amides is 2. The number of benzene rings is 4.